The van der Waals surface area contributed by atoms with Crippen molar-refractivity contribution >= 4 is 11.6 Å². The first-order valence-corrected chi connectivity index (χ1v) is 8.87. The molecular weight excluding hydrogens is 346 g/mol. The molecule has 27 heavy (non-hydrogen) atoms. The molecule has 7 nitrogen and oxygen atoms in total. The maximum atomic E-state index is 13.0. The van der Waals surface area contributed by atoms with E-state index in [2.05, 4.69) is 4.90 Å². The third-order valence-corrected chi connectivity index (χ3v) is 4.54. The van der Waals surface area contributed by atoms with Crippen LogP contribution in [0.3, 0.4) is 0 Å². The summed E-state index contributed by atoms with van der Waals surface area (Å²) in [5.74, 6) is 0.522. The molecule has 0 saturated heterocycles. The van der Waals surface area contributed by atoms with Gasteiger partial charge in [0.25, 0.3) is 11.6 Å². The van der Waals surface area contributed by atoms with Gasteiger partial charge in [-0.3, -0.25) is 14.9 Å². The first-order chi connectivity index (χ1) is 12.9. The number of para-hydroxylation sites is 1. The summed E-state index contributed by atoms with van der Waals surface area (Å²) in [6.07, 6.45) is 0.684. The lowest BCUT2D eigenvalue weighted by Crippen LogP contribution is -2.37. The van der Waals surface area contributed by atoms with Crippen molar-refractivity contribution in [2.24, 2.45) is 0 Å². The first kappa shape index (κ1) is 18.8. The number of hydrogen-bond donors (Lipinski definition) is 0. The molecular formula is C20H23N3O4. The van der Waals surface area contributed by atoms with E-state index in [9.17, 15) is 14.9 Å². The zero-order valence-corrected chi connectivity index (χ0v) is 15.5. The lowest BCUT2D eigenvalue weighted by atomic mass is 10.1. The van der Waals surface area contributed by atoms with E-state index in [0.29, 0.717) is 24.4 Å². The number of carbonyl (C=O) groups excluding carboxylic acids is 1. The van der Waals surface area contributed by atoms with Crippen LogP contribution in [-0.4, -0.2) is 53.9 Å². The Balaban J connectivity index is 1.83. The zero-order valence-electron chi connectivity index (χ0n) is 15.5. The van der Waals surface area contributed by atoms with E-state index in [1.54, 1.807) is 23.1 Å². The average molecular weight is 369 g/mol. The van der Waals surface area contributed by atoms with Gasteiger partial charge in [-0.1, -0.05) is 24.3 Å². The molecule has 1 aliphatic rings. The van der Waals surface area contributed by atoms with Crippen molar-refractivity contribution in [1.29, 1.82) is 0 Å². The molecule has 0 fully saturated rings. The van der Waals surface area contributed by atoms with Crippen molar-refractivity contribution < 1.29 is 14.5 Å². The topological polar surface area (TPSA) is 75.9 Å². The van der Waals surface area contributed by atoms with Crippen molar-refractivity contribution in [3.05, 3.63) is 69.8 Å². The maximum Gasteiger partial charge on any atom is 0.269 e. The number of nitrogens with zero attached hydrogens (tertiary/aromatic N) is 3. The molecule has 1 aliphatic heterocycles. The van der Waals surface area contributed by atoms with Gasteiger partial charge in [0.2, 0.25) is 0 Å². The summed E-state index contributed by atoms with van der Waals surface area (Å²) in [5, 5.41) is 10.8. The van der Waals surface area contributed by atoms with Crippen molar-refractivity contribution in [3.8, 4) is 5.75 Å². The third-order valence-electron chi connectivity index (χ3n) is 4.54. The van der Waals surface area contributed by atoms with Crippen molar-refractivity contribution in [1.82, 2.24) is 9.80 Å². The Morgan fingerprint density at radius 2 is 1.89 bits per heavy atom. The van der Waals surface area contributed by atoms with Crippen LogP contribution < -0.4 is 4.74 Å². The lowest BCUT2D eigenvalue weighted by Gasteiger charge is -2.25. The van der Waals surface area contributed by atoms with Gasteiger partial charge in [0.15, 0.2) is 0 Å². The van der Waals surface area contributed by atoms with Gasteiger partial charge in [0.05, 0.1) is 17.0 Å². The molecule has 1 atom stereocenters. The van der Waals surface area contributed by atoms with Gasteiger partial charge in [-0.2, -0.15) is 0 Å². The van der Waals surface area contributed by atoms with Gasteiger partial charge >= 0.3 is 0 Å². The maximum absolute atomic E-state index is 13.0. The number of benzene rings is 2. The first-order valence-electron chi connectivity index (χ1n) is 8.87. The highest BCUT2D eigenvalue weighted by molar-refractivity contribution is 5.97. The SMILES string of the molecule is CN(C)CCC1CN(Cc2ccc([N+](=O)[O-])cc2)C(=O)c2ccccc2O1. The second-order valence-electron chi connectivity index (χ2n) is 6.94. The zero-order chi connectivity index (χ0) is 19.4. The van der Waals surface area contributed by atoms with Crippen LogP contribution in [0.15, 0.2) is 48.5 Å². The molecule has 0 N–H and O–H groups in total. The van der Waals surface area contributed by atoms with Crippen LogP contribution in [0.2, 0.25) is 0 Å². The Morgan fingerprint density at radius 3 is 2.56 bits per heavy atom. The van der Waals surface area contributed by atoms with Crippen molar-refractivity contribution in [2.45, 2.75) is 19.1 Å². The van der Waals surface area contributed by atoms with Gasteiger partial charge < -0.3 is 14.5 Å². The standard InChI is InChI=1S/C20H23N3O4/c1-21(2)12-11-17-14-22(13-15-7-9-16(10-8-15)23(25)26)20(24)18-5-3-4-6-19(18)27-17/h3-10,17H,11-14H2,1-2H3. The molecule has 0 radical (unpaired) electrons. The molecule has 0 aliphatic carbocycles. The summed E-state index contributed by atoms with van der Waals surface area (Å²) in [6, 6.07) is 13.6. The van der Waals surface area contributed by atoms with Crippen molar-refractivity contribution in [3.63, 3.8) is 0 Å². The minimum Gasteiger partial charge on any atom is -0.488 e. The fourth-order valence-electron chi connectivity index (χ4n) is 3.09. The highest BCUT2D eigenvalue weighted by atomic mass is 16.6. The number of hydrogen-bond acceptors (Lipinski definition) is 5. The van der Waals surface area contributed by atoms with E-state index in [4.69, 9.17) is 4.74 Å². The van der Waals surface area contributed by atoms with E-state index < -0.39 is 4.92 Å². The lowest BCUT2D eigenvalue weighted by molar-refractivity contribution is -0.384. The number of fused-ring (bicyclic) bond motifs is 1. The predicted molar refractivity (Wildman–Crippen MR) is 102 cm³/mol. The van der Waals surface area contributed by atoms with E-state index >= 15 is 0 Å². The largest absolute Gasteiger partial charge is 0.488 e. The molecule has 7 heteroatoms. The molecule has 142 valence electrons. The molecule has 1 unspecified atom stereocenters. The van der Waals surface area contributed by atoms with Crippen LogP contribution >= 0.6 is 0 Å². The minimum atomic E-state index is -0.428. The summed E-state index contributed by atoms with van der Waals surface area (Å²) < 4.78 is 6.12. The van der Waals surface area contributed by atoms with Crippen LogP contribution in [0.5, 0.6) is 5.75 Å². The summed E-state index contributed by atoms with van der Waals surface area (Å²) in [4.78, 5) is 27.3. The Bertz CT molecular complexity index is 820. The van der Waals surface area contributed by atoms with Gasteiger partial charge in [-0.15, -0.1) is 0 Å². The van der Waals surface area contributed by atoms with Crippen LogP contribution in [0.25, 0.3) is 0 Å². The second-order valence-corrected chi connectivity index (χ2v) is 6.94. The number of rotatable bonds is 6. The molecule has 2 aromatic carbocycles. The number of nitro groups is 1. The third kappa shape index (κ3) is 4.62. The highest BCUT2D eigenvalue weighted by Crippen LogP contribution is 2.27. The fraction of sp³-hybridized carbons (Fsp3) is 0.350. The molecule has 0 aromatic heterocycles. The van der Waals surface area contributed by atoms with Crippen LogP contribution in [0.4, 0.5) is 5.69 Å². The smallest absolute Gasteiger partial charge is 0.269 e. The van der Waals surface area contributed by atoms with E-state index in [1.807, 2.05) is 32.3 Å². The molecule has 1 heterocycles. The average Bonchev–Trinajstić information content (AvgIpc) is 2.78. The molecule has 1 amide bonds. The summed E-state index contributed by atoms with van der Waals surface area (Å²) >= 11 is 0. The second kappa shape index (κ2) is 8.18. The Morgan fingerprint density at radius 1 is 1.19 bits per heavy atom. The molecule has 3 rings (SSSR count). The van der Waals surface area contributed by atoms with Crippen LogP contribution in [0.1, 0.15) is 22.3 Å². The number of nitro benzene ring substituents is 1. The fourth-order valence-corrected chi connectivity index (χ4v) is 3.09. The Kier molecular flexibility index (Phi) is 5.71. The number of ether oxygens (including phenoxy) is 1. The van der Waals surface area contributed by atoms with Gasteiger partial charge in [-0.25, -0.2) is 0 Å². The molecule has 0 saturated carbocycles. The number of non-ortho nitro benzene ring substituents is 1. The molecule has 0 spiro atoms. The Hall–Kier alpha value is -2.93. The minimum absolute atomic E-state index is 0.0403. The van der Waals surface area contributed by atoms with E-state index in [0.717, 1.165) is 18.5 Å². The van der Waals surface area contributed by atoms with Crippen LogP contribution in [-0.2, 0) is 6.54 Å². The summed E-state index contributed by atoms with van der Waals surface area (Å²) in [7, 11) is 4.01. The normalized spacial score (nSPS) is 16.6. The van der Waals surface area contributed by atoms with Crippen molar-refractivity contribution in [2.75, 3.05) is 27.2 Å². The van der Waals surface area contributed by atoms with E-state index in [1.165, 1.54) is 12.1 Å². The van der Waals surface area contributed by atoms with Gasteiger partial charge in [-0.05, 0) is 38.2 Å². The van der Waals surface area contributed by atoms with Gasteiger partial charge in [0.1, 0.15) is 11.9 Å². The quantitative estimate of drug-likeness (QED) is 0.578. The van der Waals surface area contributed by atoms with E-state index in [-0.39, 0.29) is 17.7 Å². The summed E-state index contributed by atoms with van der Waals surface area (Å²) in [6.45, 7) is 1.71. The predicted octanol–water partition coefficient (Wildman–Crippen LogP) is 2.95. The highest BCUT2D eigenvalue weighted by Gasteiger charge is 2.28. The number of amides is 1. The summed E-state index contributed by atoms with van der Waals surface area (Å²) in [5.41, 5.74) is 1.44. The van der Waals surface area contributed by atoms with Crippen LogP contribution in [0, 0.1) is 10.1 Å². The van der Waals surface area contributed by atoms with Gasteiger partial charge in [0, 0.05) is 25.2 Å². The monoisotopic (exact) mass is 369 g/mol. The Labute approximate surface area is 158 Å². The molecule has 2 aromatic rings. The molecule has 0 bridgehead atoms. The number of carbonyl (C=O) groups is 1.